The van der Waals surface area contributed by atoms with Gasteiger partial charge in [-0.05, 0) is 13.8 Å². The monoisotopic (exact) mass is 252 g/mol. The minimum absolute atomic E-state index is 0.0108. The Hall–Kier alpha value is -1.74. The topological polar surface area (TPSA) is 80.0 Å². The number of aromatic nitrogens is 1. The summed E-state index contributed by atoms with van der Waals surface area (Å²) < 4.78 is 4.56. The second-order valence-electron chi connectivity index (χ2n) is 3.98. The van der Waals surface area contributed by atoms with Gasteiger partial charge in [0.05, 0.1) is 13.2 Å². The average molecular weight is 252 g/mol. The molecule has 5 nitrogen and oxygen atoms in total. The first-order chi connectivity index (χ1) is 7.83. The van der Waals surface area contributed by atoms with E-state index in [1.165, 1.54) is 14.0 Å². The van der Waals surface area contributed by atoms with Crippen molar-refractivity contribution in [1.82, 2.24) is 4.98 Å². The lowest BCUT2D eigenvalue weighted by molar-refractivity contribution is 0.0591. The number of ketones is 1. The SMILES string of the molecule is COC(=O)c1nc(C(C)(C)C#N)sc1C(C)=O. The van der Waals surface area contributed by atoms with Crippen LogP contribution in [-0.2, 0) is 10.2 Å². The summed E-state index contributed by atoms with van der Waals surface area (Å²) in [5.41, 5.74) is -0.843. The lowest BCUT2D eigenvalue weighted by Gasteiger charge is -2.09. The fraction of sp³-hybridized carbons (Fsp3) is 0.455. The Morgan fingerprint density at radius 2 is 2.06 bits per heavy atom. The van der Waals surface area contributed by atoms with E-state index in [0.29, 0.717) is 5.01 Å². The highest BCUT2D eigenvalue weighted by atomic mass is 32.1. The molecule has 0 aliphatic rings. The molecule has 0 atom stereocenters. The number of hydrogen-bond donors (Lipinski definition) is 0. The second kappa shape index (κ2) is 4.63. The zero-order valence-corrected chi connectivity index (χ0v) is 10.8. The van der Waals surface area contributed by atoms with E-state index in [9.17, 15) is 9.59 Å². The summed E-state index contributed by atoms with van der Waals surface area (Å²) in [6.07, 6.45) is 0. The molecule has 0 unspecified atom stereocenters. The standard InChI is InChI=1S/C11H12N2O3S/c1-6(14)8-7(9(15)16-4)13-10(17-8)11(2,3)5-12/h1-4H3. The zero-order chi connectivity index (χ0) is 13.2. The average Bonchev–Trinajstić information content (AvgIpc) is 2.73. The number of carbonyl (C=O) groups is 2. The van der Waals surface area contributed by atoms with Gasteiger partial charge in [-0.15, -0.1) is 11.3 Å². The molecule has 90 valence electrons. The van der Waals surface area contributed by atoms with Gasteiger partial charge < -0.3 is 4.74 Å². The summed E-state index contributed by atoms with van der Waals surface area (Å²) in [5, 5.41) is 9.43. The summed E-state index contributed by atoms with van der Waals surface area (Å²) in [4.78, 5) is 27.1. The van der Waals surface area contributed by atoms with Crippen LogP contribution in [0, 0.1) is 11.3 Å². The lowest BCUT2D eigenvalue weighted by atomic mass is 9.97. The van der Waals surface area contributed by atoms with E-state index in [4.69, 9.17) is 5.26 Å². The van der Waals surface area contributed by atoms with E-state index < -0.39 is 11.4 Å². The van der Waals surface area contributed by atoms with E-state index in [-0.39, 0.29) is 16.4 Å². The maximum atomic E-state index is 11.5. The lowest BCUT2D eigenvalue weighted by Crippen LogP contribution is -2.14. The summed E-state index contributed by atoms with van der Waals surface area (Å²) in [7, 11) is 1.22. The molecule has 0 radical (unpaired) electrons. The highest BCUT2D eigenvalue weighted by Gasteiger charge is 2.30. The maximum Gasteiger partial charge on any atom is 0.358 e. The fourth-order valence-electron chi connectivity index (χ4n) is 1.11. The number of nitrogens with zero attached hydrogens (tertiary/aromatic N) is 2. The summed E-state index contributed by atoms with van der Waals surface area (Å²) in [5.74, 6) is -0.922. The van der Waals surface area contributed by atoms with Gasteiger partial charge in [-0.1, -0.05) is 0 Å². The van der Waals surface area contributed by atoms with Gasteiger partial charge in [0, 0.05) is 6.92 Å². The van der Waals surface area contributed by atoms with Crippen molar-refractivity contribution in [1.29, 1.82) is 5.26 Å². The molecule has 0 aliphatic carbocycles. The number of hydrogen-bond acceptors (Lipinski definition) is 6. The van der Waals surface area contributed by atoms with Crippen LogP contribution in [0.3, 0.4) is 0 Å². The Kier molecular flexibility index (Phi) is 3.63. The second-order valence-corrected chi connectivity index (χ2v) is 4.98. The van der Waals surface area contributed by atoms with Gasteiger partial charge in [0.25, 0.3) is 0 Å². The number of methoxy groups -OCH3 is 1. The van der Waals surface area contributed by atoms with Crippen LogP contribution in [0.5, 0.6) is 0 Å². The first-order valence-electron chi connectivity index (χ1n) is 4.85. The van der Waals surface area contributed by atoms with E-state index in [1.807, 2.05) is 0 Å². The van der Waals surface area contributed by atoms with Crippen molar-refractivity contribution >= 4 is 23.1 Å². The van der Waals surface area contributed by atoms with Crippen LogP contribution in [0.15, 0.2) is 0 Å². The van der Waals surface area contributed by atoms with Crippen molar-refractivity contribution < 1.29 is 14.3 Å². The van der Waals surface area contributed by atoms with Gasteiger partial charge in [-0.2, -0.15) is 5.26 Å². The number of esters is 1. The minimum atomic E-state index is -0.832. The molecule has 0 bridgehead atoms. The molecule has 1 aromatic heterocycles. The van der Waals surface area contributed by atoms with Crippen LogP contribution < -0.4 is 0 Å². The van der Waals surface area contributed by atoms with Crippen molar-refractivity contribution in [3.63, 3.8) is 0 Å². The summed E-state index contributed by atoms with van der Waals surface area (Å²) in [6, 6.07) is 2.08. The Morgan fingerprint density at radius 1 is 1.47 bits per heavy atom. The number of nitriles is 1. The van der Waals surface area contributed by atoms with Gasteiger partial charge in [0.15, 0.2) is 11.5 Å². The number of ether oxygens (including phenoxy) is 1. The van der Waals surface area contributed by atoms with Crippen molar-refractivity contribution in [3.8, 4) is 6.07 Å². The molecule has 0 saturated heterocycles. The van der Waals surface area contributed by atoms with E-state index in [2.05, 4.69) is 15.8 Å². The molecule has 0 amide bonds. The van der Waals surface area contributed by atoms with Gasteiger partial charge >= 0.3 is 5.97 Å². The Labute approximate surface area is 103 Å². The molecular formula is C11H12N2O3S. The molecule has 0 N–H and O–H groups in total. The van der Waals surface area contributed by atoms with Gasteiger partial charge in [0.2, 0.25) is 0 Å². The molecule has 0 saturated carbocycles. The highest BCUT2D eigenvalue weighted by Crippen LogP contribution is 2.30. The van der Waals surface area contributed by atoms with Gasteiger partial charge in [-0.25, -0.2) is 9.78 Å². The number of Topliss-reactive ketones (excluding diaryl/α,β-unsaturated/α-hetero) is 1. The Bertz CT molecular complexity index is 511. The van der Waals surface area contributed by atoms with Crippen LogP contribution in [0.2, 0.25) is 0 Å². The molecule has 0 aliphatic heterocycles. The van der Waals surface area contributed by atoms with Crippen LogP contribution in [-0.4, -0.2) is 23.8 Å². The molecule has 1 rings (SSSR count). The molecule has 0 aromatic carbocycles. The number of carbonyl (C=O) groups excluding carboxylic acids is 2. The van der Waals surface area contributed by atoms with Crippen LogP contribution in [0.4, 0.5) is 0 Å². The Balaban J connectivity index is 3.38. The quantitative estimate of drug-likeness (QED) is 0.606. The van der Waals surface area contributed by atoms with Crippen LogP contribution in [0.1, 0.15) is 45.9 Å². The maximum absolute atomic E-state index is 11.5. The number of thiazole rings is 1. The van der Waals surface area contributed by atoms with Gasteiger partial charge in [-0.3, -0.25) is 4.79 Å². The summed E-state index contributed by atoms with van der Waals surface area (Å²) in [6.45, 7) is 4.71. The van der Waals surface area contributed by atoms with Crippen molar-refractivity contribution in [2.24, 2.45) is 0 Å². The van der Waals surface area contributed by atoms with Crippen molar-refractivity contribution in [3.05, 3.63) is 15.6 Å². The van der Waals surface area contributed by atoms with Crippen LogP contribution in [0.25, 0.3) is 0 Å². The highest BCUT2D eigenvalue weighted by molar-refractivity contribution is 7.14. The molecule has 6 heteroatoms. The Morgan fingerprint density at radius 3 is 2.47 bits per heavy atom. The summed E-state index contributed by atoms with van der Waals surface area (Å²) >= 11 is 1.06. The molecule has 1 aromatic rings. The molecule has 0 spiro atoms. The van der Waals surface area contributed by atoms with E-state index in [1.54, 1.807) is 13.8 Å². The zero-order valence-electron chi connectivity index (χ0n) is 10.0. The molecule has 17 heavy (non-hydrogen) atoms. The fourth-order valence-corrected chi connectivity index (χ4v) is 2.11. The van der Waals surface area contributed by atoms with E-state index in [0.717, 1.165) is 11.3 Å². The first-order valence-corrected chi connectivity index (χ1v) is 5.67. The molecule has 0 fully saturated rings. The van der Waals surface area contributed by atoms with Crippen molar-refractivity contribution in [2.45, 2.75) is 26.2 Å². The number of rotatable bonds is 3. The van der Waals surface area contributed by atoms with Gasteiger partial charge in [0.1, 0.15) is 15.3 Å². The minimum Gasteiger partial charge on any atom is -0.464 e. The molecular weight excluding hydrogens is 240 g/mol. The predicted molar refractivity (Wildman–Crippen MR) is 62.1 cm³/mol. The largest absolute Gasteiger partial charge is 0.464 e. The molecule has 1 heterocycles. The normalized spacial score (nSPS) is 10.8. The third-order valence-corrected chi connectivity index (χ3v) is 3.62. The smallest absolute Gasteiger partial charge is 0.358 e. The third-order valence-electron chi connectivity index (χ3n) is 2.14. The predicted octanol–water partition coefficient (Wildman–Crippen LogP) is 1.93. The third kappa shape index (κ3) is 2.50. The van der Waals surface area contributed by atoms with Crippen molar-refractivity contribution in [2.75, 3.05) is 7.11 Å². The first kappa shape index (κ1) is 13.3. The van der Waals surface area contributed by atoms with E-state index >= 15 is 0 Å². The van der Waals surface area contributed by atoms with Crippen LogP contribution >= 0.6 is 11.3 Å².